The van der Waals surface area contributed by atoms with Crippen molar-refractivity contribution >= 4 is 20.6 Å². The van der Waals surface area contributed by atoms with Gasteiger partial charge in [0.15, 0.2) is 0 Å². The minimum absolute atomic E-state index is 0.134. The molecule has 3 heteroatoms. The van der Waals surface area contributed by atoms with Crippen molar-refractivity contribution in [2.75, 3.05) is 0 Å². The van der Waals surface area contributed by atoms with Crippen LogP contribution < -0.4 is 0 Å². The quantitative estimate of drug-likeness (QED) is 0.442. The molecule has 18 heavy (non-hydrogen) atoms. The van der Waals surface area contributed by atoms with Crippen LogP contribution in [0.15, 0.2) is 0 Å². The molecule has 0 fully saturated rings. The van der Waals surface area contributed by atoms with E-state index >= 15 is 0 Å². The van der Waals surface area contributed by atoms with Gasteiger partial charge in [-0.15, -0.1) is 0 Å². The van der Waals surface area contributed by atoms with Crippen LogP contribution >= 0.6 is 8.20 Å². The summed E-state index contributed by atoms with van der Waals surface area (Å²) in [7, 11) is 1.33. The third-order valence-corrected chi connectivity index (χ3v) is 4.23. The van der Waals surface area contributed by atoms with Gasteiger partial charge >= 0.3 is 6.92 Å². The second-order valence-corrected chi connectivity index (χ2v) is 9.13. The Kier molecular flexibility index (Phi) is 7.79. The van der Waals surface area contributed by atoms with Crippen molar-refractivity contribution in [1.29, 1.82) is 0 Å². The molecule has 0 rings (SSSR count). The first-order valence-corrected chi connectivity index (χ1v) is 8.26. The summed E-state index contributed by atoms with van der Waals surface area (Å²) in [5.74, 6) is 0. The molecule has 0 atom stereocenters. The average molecular weight is 270 g/mol. The fraction of sp³-hybridized carbons (Fsp3) is 0.933. The van der Waals surface area contributed by atoms with E-state index in [1.54, 1.807) is 0 Å². The molecule has 106 valence electrons. The Morgan fingerprint density at radius 1 is 0.944 bits per heavy atom. The standard InChI is InChI=1S/C15H32BOP/c1-9-11-16(12-10-2)17-13(14(3,4)5)18-15(6,7)8/h9-12H2,1-8H3. The summed E-state index contributed by atoms with van der Waals surface area (Å²) in [6.45, 7) is 18.5. The molecule has 0 N–H and O–H groups in total. The van der Waals surface area contributed by atoms with Gasteiger partial charge in [0.25, 0.3) is 0 Å². The maximum absolute atomic E-state index is 6.38. The van der Waals surface area contributed by atoms with E-state index in [-0.39, 0.29) is 10.6 Å². The lowest BCUT2D eigenvalue weighted by molar-refractivity contribution is 0.449. The second-order valence-electron chi connectivity index (χ2n) is 7.15. The van der Waals surface area contributed by atoms with Crippen LogP contribution in [0.2, 0.25) is 12.6 Å². The van der Waals surface area contributed by atoms with Gasteiger partial charge in [-0.05, 0) is 12.6 Å². The number of hydrogen-bond donors (Lipinski definition) is 0. The second kappa shape index (κ2) is 7.70. The highest BCUT2D eigenvalue weighted by Crippen LogP contribution is 2.32. The van der Waals surface area contributed by atoms with Crippen LogP contribution in [0.5, 0.6) is 0 Å². The molecule has 0 spiro atoms. The van der Waals surface area contributed by atoms with Gasteiger partial charge in [-0.2, -0.15) is 0 Å². The molecule has 0 amide bonds. The zero-order chi connectivity index (χ0) is 14.4. The lowest BCUT2D eigenvalue weighted by Gasteiger charge is -2.28. The summed E-state index contributed by atoms with van der Waals surface area (Å²) in [5.41, 5.74) is 1.39. The Morgan fingerprint density at radius 3 is 1.67 bits per heavy atom. The molecule has 0 aliphatic carbocycles. The summed E-state index contributed by atoms with van der Waals surface area (Å²) in [4.78, 5) is 0. The van der Waals surface area contributed by atoms with E-state index in [2.05, 4.69) is 55.4 Å². The van der Waals surface area contributed by atoms with Crippen molar-refractivity contribution < 1.29 is 4.65 Å². The molecule has 0 aliphatic heterocycles. The normalized spacial score (nSPS) is 13.9. The number of hydrogen-bond acceptors (Lipinski definition) is 1. The maximum atomic E-state index is 6.38. The van der Waals surface area contributed by atoms with E-state index in [0.29, 0.717) is 6.92 Å². The maximum Gasteiger partial charge on any atom is 0.300 e. The van der Waals surface area contributed by atoms with Crippen LogP contribution in [0.4, 0.5) is 0 Å². The highest BCUT2D eigenvalue weighted by atomic mass is 31.1. The lowest BCUT2D eigenvalue weighted by Crippen LogP contribution is -2.30. The van der Waals surface area contributed by atoms with Crippen molar-refractivity contribution in [3.8, 4) is 0 Å². The Hall–Kier alpha value is 0.195. The molecule has 0 heterocycles. The van der Waals surface area contributed by atoms with E-state index in [9.17, 15) is 0 Å². The fourth-order valence-corrected chi connectivity index (χ4v) is 2.89. The summed E-state index contributed by atoms with van der Waals surface area (Å²) >= 11 is 0. The van der Waals surface area contributed by atoms with Gasteiger partial charge in [-0.25, -0.2) is 0 Å². The van der Waals surface area contributed by atoms with Gasteiger partial charge in [-0.3, -0.25) is 0 Å². The van der Waals surface area contributed by atoms with E-state index in [0.717, 1.165) is 0 Å². The summed E-state index contributed by atoms with van der Waals surface area (Å²) in [6, 6.07) is 0. The highest BCUT2D eigenvalue weighted by Gasteiger charge is 2.26. The molecular formula is C15H32BOP. The van der Waals surface area contributed by atoms with Crippen LogP contribution in [0.1, 0.15) is 68.2 Å². The molecular weight excluding hydrogens is 238 g/mol. The van der Waals surface area contributed by atoms with Gasteiger partial charge < -0.3 is 4.65 Å². The van der Waals surface area contributed by atoms with Gasteiger partial charge in [0.05, 0.1) is 5.48 Å². The molecule has 0 unspecified atom stereocenters. The SMILES string of the molecule is CCCB(CCC)OC(=PC(C)(C)C)C(C)(C)C. The Balaban J connectivity index is 4.94. The van der Waals surface area contributed by atoms with Crippen molar-refractivity contribution in [2.24, 2.45) is 5.41 Å². The van der Waals surface area contributed by atoms with Crippen LogP contribution in [0.25, 0.3) is 0 Å². The van der Waals surface area contributed by atoms with Crippen molar-refractivity contribution in [1.82, 2.24) is 0 Å². The zero-order valence-corrected chi connectivity index (χ0v) is 14.7. The molecule has 0 aromatic rings. The van der Waals surface area contributed by atoms with Gasteiger partial charge in [-0.1, -0.05) is 76.4 Å². The predicted molar refractivity (Wildman–Crippen MR) is 88.2 cm³/mol. The molecule has 1 nitrogen and oxygen atoms in total. The van der Waals surface area contributed by atoms with Gasteiger partial charge in [0.2, 0.25) is 0 Å². The van der Waals surface area contributed by atoms with Crippen molar-refractivity contribution in [2.45, 2.75) is 86.0 Å². The smallest absolute Gasteiger partial charge is 0.300 e. The highest BCUT2D eigenvalue weighted by molar-refractivity contribution is 7.42. The zero-order valence-electron chi connectivity index (χ0n) is 13.8. The summed E-state index contributed by atoms with van der Waals surface area (Å²) < 4.78 is 6.38. The first kappa shape index (κ1) is 18.2. The fourth-order valence-electron chi connectivity index (χ4n) is 1.74. The molecule has 0 saturated heterocycles. The first-order valence-electron chi connectivity index (χ1n) is 7.37. The lowest BCUT2D eigenvalue weighted by atomic mass is 9.60. The van der Waals surface area contributed by atoms with E-state index in [1.807, 2.05) is 0 Å². The third kappa shape index (κ3) is 8.32. The van der Waals surface area contributed by atoms with Gasteiger partial charge in [0, 0.05) is 10.6 Å². The van der Waals surface area contributed by atoms with E-state index in [1.165, 1.54) is 39.2 Å². The Labute approximate surface area is 117 Å². The predicted octanol–water partition coefficient (Wildman–Crippen LogP) is 5.74. The summed E-state index contributed by atoms with van der Waals surface area (Å²) in [6.07, 6.45) is 4.75. The largest absolute Gasteiger partial charge is 0.404 e. The average Bonchev–Trinajstić information content (AvgIpc) is 2.13. The third-order valence-electron chi connectivity index (χ3n) is 2.58. The van der Waals surface area contributed by atoms with Crippen LogP contribution in [-0.2, 0) is 4.65 Å². The first-order chi connectivity index (χ1) is 8.10. The molecule has 0 aliphatic rings. The molecule has 0 radical (unpaired) electrons. The van der Waals surface area contributed by atoms with Crippen LogP contribution in [-0.4, -0.2) is 17.6 Å². The molecule has 0 aromatic carbocycles. The van der Waals surface area contributed by atoms with Crippen LogP contribution in [0, 0.1) is 5.41 Å². The summed E-state index contributed by atoms with van der Waals surface area (Å²) in [5, 5.41) is 0.269. The molecule has 0 bridgehead atoms. The topological polar surface area (TPSA) is 9.23 Å². The monoisotopic (exact) mass is 270 g/mol. The Bertz CT molecular complexity index is 255. The Morgan fingerprint density at radius 2 is 1.39 bits per heavy atom. The number of rotatable bonds is 6. The van der Waals surface area contributed by atoms with Crippen molar-refractivity contribution in [3.63, 3.8) is 0 Å². The van der Waals surface area contributed by atoms with Crippen LogP contribution in [0.3, 0.4) is 0 Å². The minimum atomic E-state index is 0.134. The van der Waals surface area contributed by atoms with Gasteiger partial charge in [0.1, 0.15) is 0 Å². The minimum Gasteiger partial charge on any atom is -0.404 e. The molecule has 0 saturated carbocycles. The molecule has 0 aromatic heterocycles. The van der Waals surface area contributed by atoms with Crippen molar-refractivity contribution in [3.05, 3.63) is 0 Å². The van der Waals surface area contributed by atoms with E-state index in [4.69, 9.17) is 4.65 Å². The van der Waals surface area contributed by atoms with E-state index < -0.39 is 0 Å².